The zero-order valence-electron chi connectivity index (χ0n) is 6.38. The van der Waals surface area contributed by atoms with E-state index in [1.807, 2.05) is 18.2 Å². The third-order valence-electron chi connectivity index (χ3n) is 1.28. The van der Waals surface area contributed by atoms with Gasteiger partial charge in [0.25, 0.3) is 5.91 Å². The maximum Gasteiger partial charge on any atom is 0.266 e. The summed E-state index contributed by atoms with van der Waals surface area (Å²) < 4.78 is 0. The standard InChI is InChI=1S/C9H8ClNO/c1-7(10)9(12)11-8-5-3-2-4-6-8/h2-6H,1H2,(H,11,12). The van der Waals surface area contributed by atoms with Gasteiger partial charge in [-0.1, -0.05) is 36.4 Å². The molecule has 0 saturated carbocycles. The Kier molecular flexibility index (Phi) is 2.88. The number of halogens is 1. The third-order valence-corrected chi connectivity index (χ3v) is 1.45. The zero-order valence-corrected chi connectivity index (χ0v) is 7.14. The molecule has 1 aromatic rings. The highest BCUT2D eigenvalue weighted by Gasteiger charge is 2.02. The molecule has 0 atom stereocenters. The highest BCUT2D eigenvalue weighted by atomic mass is 35.5. The van der Waals surface area contributed by atoms with Crippen LogP contribution >= 0.6 is 11.6 Å². The van der Waals surface area contributed by atoms with Gasteiger partial charge in [-0.2, -0.15) is 0 Å². The summed E-state index contributed by atoms with van der Waals surface area (Å²) in [6, 6.07) is 9.07. The van der Waals surface area contributed by atoms with Crippen molar-refractivity contribution in [1.82, 2.24) is 0 Å². The van der Waals surface area contributed by atoms with Gasteiger partial charge in [0.15, 0.2) is 0 Å². The van der Waals surface area contributed by atoms with Crippen LogP contribution in [0.4, 0.5) is 5.69 Å². The molecule has 1 aromatic carbocycles. The first-order chi connectivity index (χ1) is 5.70. The number of carbonyl (C=O) groups excluding carboxylic acids is 1. The molecular formula is C9H8ClNO. The van der Waals surface area contributed by atoms with Crippen molar-refractivity contribution in [2.45, 2.75) is 0 Å². The number of anilines is 1. The summed E-state index contributed by atoms with van der Waals surface area (Å²) in [6.45, 7) is 3.30. The van der Waals surface area contributed by atoms with Crippen molar-refractivity contribution in [3.63, 3.8) is 0 Å². The lowest BCUT2D eigenvalue weighted by molar-refractivity contribution is -0.112. The maximum atomic E-state index is 11.0. The lowest BCUT2D eigenvalue weighted by Crippen LogP contribution is -2.10. The van der Waals surface area contributed by atoms with Crippen LogP contribution < -0.4 is 5.32 Å². The molecule has 3 heteroatoms. The van der Waals surface area contributed by atoms with Gasteiger partial charge in [0.1, 0.15) is 0 Å². The monoisotopic (exact) mass is 181 g/mol. The number of carbonyl (C=O) groups is 1. The zero-order chi connectivity index (χ0) is 8.97. The average molecular weight is 182 g/mol. The van der Waals surface area contributed by atoms with E-state index in [1.165, 1.54) is 0 Å². The van der Waals surface area contributed by atoms with E-state index in [-0.39, 0.29) is 10.9 Å². The van der Waals surface area contributed by atoms with Crippen LogP contribution in [0.3, 0.4) is 0 Å². The van der Waals surface area contributed by atoms with Crippen LogP contribution in [0.25, 0.3) is 0 Å². The summed E-state index contributed by atoms with van der Waals surface area (Å²) in [7, 11) is 0. The number of benzene rings is 1. The predicted octanol–water partition coefficient (Wildman–Crippen LogP) is 2.38. The van der Waals surface area contributed by atoms with E-state index in [0.717, 1.165) is 0 Å². The van der Waals surface area contributed by atoms with E-state index >= 15 is 0 Å². The number of para-hydroxylation sites is 1. The summed E-state index contributed by atoms with van der Waals surface area (Å²) in [4.78, 5) is 11.0. The molecule has 2 nitrogen and oxygen atoms in total. The average Bonchev–Trinajstić information content (AvgIpc) is 2.06. The van der Waals surface area contributed by atoms with Crippen LogP contribution in [-0.2, 0) is 4.79 Å². The van der Waals surface area contributed by atoms with Crippen LogP contribution in [0.2, 0.25) is 0 Å². The smallest absolute Gasteiger partial charge is 0.266 e. The summed E-state index contributed by atoms with van der Waals surface area (Å²) in [5.74, 6) is -0.372. The molecule has 1 N–H and O–H groups in total. The molecule has 1 amide bonds. The minimum absolute atomic E-state index is 0.0150. The lowest BCUT2D eigenvalue weighted by atomic mass is 10.3. The Morgan fingerprint density at radius 1 is 1.33 bits per heavy atom. The Balaban J connectivity index is 2.65. The topological polar surface area (TPSA) is 29.1 Å². The molecule has 0 radical (unpaired) electrons. The van der Waals surface area contributed by atoms with Gasteiger partial charge in [-0.3, -0.25) is 4.79 Å². The van der Waals surface area contributed by atoms with Gasteiger partial charge in [-0.25, -0.2) is 0 Å². The molecule has 1 rings (SSSR count). The van der Waals surface area contributed by atoms with Crippen LogP contribution in [0.1, 0.15) is 0 Å². The highest BCUT2D eigenvalue weighted by Crippen LogP contribution is 2.07. The van der Waals surface area contributed by atoms with E-state index in [2.05, 4.69) is 11.9 Å². The largest absolute Gasteiger partial charge is 0.321 e. The number of nitrogens with one attached hydrogen (secondary N) is 1. The molecule has 0 aliphatic carbocycles. The van der Waals surface area contributed by atoms with Gasteiger partial charge in [0.2, 0.25) is 0 Å². The first-order valence-corrected chi connectivity index (χ1v) is 3.79. The van der Waals surface area contributed by atoms with E-state index < -0.39 is 0 Å². The Labute approximate surface area is 75.9 Å². The fourth-order valence-electron chi connectivity index (χ4n) is 0.720. The molecule has 62 valence electrons. The molecule has 0 saturated heterocycles. The van der Waals surface area contributed by atoms with Crippen molar-refractivity contribution < 1.29 is 4.79 Å². The van der Waals surface area contributed by atoms with Gasteiger partial charge in [-0.15, -0.1) is 0 Å². The molecular weight excluding hydrogens is 174 g/mol. The van der Waals surface area contributed by atoms with Crippen LogP contribution in [0, 0.1) is 0 Å². The molecule has 0 aromatic heterocycles. The fourth-order valence-corrected chi connectivity index (χ4v) is 0.768. The van der Waals surface area contributed by atoms with E-state index in [0.29, 0.717) is 5.69 Å². The Hall–Kier alpha value is -1.28. The number of amides is 1. The normalized spacial score (nSPS) is 9.08. The third kappa shape index (κ3) is 2.40. The first kappa shape index (κ1) is 8.81. The highest BCUT2D eigenvalue weighted by molar-refractivity contribution is 6.43. The summed E-state index contributed by atoms with van der Waals surface area (Å²) in [6.07, 6.45) is 0. The molecule has 0 spiro atoms. The van der Waals surface area contributed by atoms with Gasteiger partial charge in [0, 0.05) is 5.69 Å². The lowest BCUT2D eigenvalue weighted by Gasteiger charge is -2.01. The Morgan fingerprint density at radius 3 is 2.42 bits per heavy atom. The number of hydrogen-bond donors (Lipinski definition) is 1. The molecule has 0 aliphatic heterocycles. The predicted molar refractivity (Wildman–Crippen MR) is 50.1 cm³/mol. The van der Waals surface area contributed by atoms with Crippen molar-refractivity contribution in [1.29, 1.82) is 0 Å². The van der Waals surface area contributed by atoms with Crippen LogP contribution in [0.5, 0.6) is 0 Å². The summed E-state index contributed by atoms with van der Waals surface area (Å²) in [5.41, 5.74) is 0.712. The maximum absolute atomic E-state index is 11.0. The van der Waals surface area contributed by atoms with Gasteiger partial charge in [0.05, 0.1) is 5.03 Å². The molecule has 0 heterocycles. The fraction of sp³-hybridized carbons (Fsp3) is 0. The second kappa shape index (κ2) is 3.93. The van der Waals surface area contributed by atoms with Crippen molar-refractivity contribution in [2.75, 3.05) is 5.32 Å². The first-order valence-electron chi connectivity index (χ1n) is 3.41. The minimum atomic E-state index is -0.372. The second-order valence-corrected chi connectivity index (χ2v) is 2.68. The second-order valence-electron chi connectivity index (χ2n) is 2.23. The Bertz CT molecular complexity index is 295. The quantitative estimate of drug-likeness (QED) is 0.698. The van der Waals surface area contributed by atoms with E-state index in [9.17, 15) is 4.79 Å². The summed E-state index contributed by atoms with van der Waals surface area (Å²) in [5, 5.41) is 2.56. The molecule has 0 unspecified atom stereocenters. The van der Waals surface area contributed by atoms with Gasteiger partial charge >= 0.3 is 0 Å². The molecule has 0 bridgehead atoms. The molecule has 0 fully saturated rings. The molecule has 12 heavy (non-hydrogen) atoms. The van der Waals surface area contributed by atoms with Crippen LogP contribution in [-0.4, -0.2) is 5.91 Å². The minimum Gasteiger partial charge on any atom is -0.321 e. The number of rotatable bonds is 2. The summed E-state index contributed by atoms with van der Waals surface area (Å²) >= 11 is 5.37. The van der Waals surface area contributed by atoms with E-state index in [4.69, 9.17) is 11.6 Å². The SMILES string of the molecule is C=C(Cl)C(=O)Nc1ccccc1. The van der Waals surface area contributed by atoms with Crippen molar-refractivity contribution >= 4 is 23.2 Å². The van der Waals surface area contributed by atoms with Gasteiger partial charge < -0.3 is 5.32 Å². The van der Waals surface area contributed by atoms with E-state index in [1.54, 1.807) is 12.1 Å². The Morgan fingerprint density at radius 2 is 1.92 bits per heavy atom. The number of hydrogen-bond acceptors (Lipinski definition) is 1. The van der Waals surface area contributed by atoms with Crippen molar-refractivity contribution in [2.24, 2.45) is 0 Å². The van der Waals surface area contributed by atoms with Crippen molar-refractivity contribution in [3.8, 4) is 0 Å². The van der Waals surface area contributed by atoms with Crippen LogP contribution in [0.15, 0.2) is 41.9 Å². The molecule has 0 aliphatic rings. The van der Waals surface area contributed by atoms with Crippen molar-refractivity contribution in [3.05, 3.63) is 41.9 Å². The van der Waals surface area contributed by atoms with Gasteiger partial charge in [-0.05, 0) is 12.1 Å².